The van der Waals surface area contributed by atoms with Crippen LogP contribution in [0.2, 0.25) is 0 Å². The van der Waals surface area contributed by atoms with Gasteiger partial charge < -0.3 is 4.74 Å². The lowest BCUT2D eigenvalue weighted by atomic mass is 10.0. The van der Waals surface area contributed by atoms with Crippen LogP contribution in [0.3, 0.4) is 0 Å². The van der Waals surface area contributed by atoms with Crippen LogP contribution in [0.15, 0.2) is 24.8 Å². The molecule has 0 amide bonds. The van der Waals surface area contributed by atoms with Gasteiger partial charge in [-0.25, -0.2) is 9.18 Å². The van der Waals surface area contributed by atoms with Crippen molar-refractivity contribution in [1.29, 1.82) is 0 Å². The van der Waals surface area contributed by atoms with Gasteiger partial charge >= 0.3 is 5.97 Å². The van der Waals surface area contributed by atoms with E-state index >= 15 is 0 Å². The molecule has 1 aromatic carbocycles. The highest BCUT2D eigenvalue weighted by Gasteiger charge is 2.19. The van der Waals surface area contributed by atoms with E-state index in [-0.39, 0.29) is 11.4 Å². The van der Waals surface area contributed by atoms with Gasteiger partial charge in [0, 0.05) is 0 Å². The summed E-state index contributed by atoms with van der Waals surface area (Å²) in [5.74, 6) is -0.783. The molecule has 17 heavy (non-hydrogen) atoms. The Morgan fingerprint density at radius 1 is 1.35 bits per heavy atom. The molecule has 0 saturated heterocycles. The number of aryl methyl sites for hydroxylation is 1. The van der Waals surface area contributed by atoms with E-state index < -0.39 is 11.6 Å². The molecular weight excluding hydrogens is 219 g/mol. The summed E-state index contributed by atoms with van der Waals surface area (Å²) >= 11 is 0. The second-order valence-electron chi connectivity index (χ2n) is 4.94. The van der Waals surface area contributed by atoms with Crippen molar-refractivity contribution in [2.24, 2.45) is 0 Å². The number of hydrogen-bond acceptors (Lipinski definition) is 2. The molecular formula is C14H17FO2. The van der Waals surface area contributed by atoms with Crippen molar-refractivity contribution in [2.45, 2.75) is 33.3 Å². The highest BCUT2D eigenvalue weighted by atomic mass is 19.1. The number of hydrogen-bond donors (Lipinski definition) is 0. The van der Waals surface area contributed by atoms with Gasteiger partial charge in [0.05, 0.1) is 5.57 Å². The zero-order chi connectivity index (χ0) is 13.2. The highest BCUT2D eigenvalue weighted by molar-refractivity contribution is 6.15. The first kappa shape index (κ1) is 13.4. The van der Waals surface area contributed by atoms with Crippen LogP contribution in [0.25, 0.3) is 5.57 Å². The maximum atomic E-state index is 13.1. The average Bonchev–Trinajstić information content (AvgIpc) is 2.18. The Morgan fingerprint density at radius 2 is 1.94 bits per heavy atom. The summed E-state index contributed by atoms with van der Waals surface area (Å²) in [5.41, 5.74) is 0.739. The van der Waals surface area contributed by atoms with E-state index in [1.165, 1.54) is 12.1 Å². The molecule has 1 aromatic rings. The zero-order valence-corrected chi connectivity index (χ0v) is 10.6. The number of ether oxygens (including phenoxy) is 1. The minimum absolute atomic E-state index is 0.239. The summed E-state index contributed by atoms with van der Waals surface area (Å²) in [6.07, 6.45) is 0. The Hall–Kier alpha value is -1.64. The van der Waals surface area contributed by atoms with Gasteiger partial charge in [-0.2, -0.15) is 0 Å². The zero-order valence-electron chi connectivity index (χ0n) is 10.6. The van der Waals surface area contributed by atoms with Crippen LogP contribution < -0.4 is 0 Å². The van der Waals surface area contributed by atoms with Crippen molar-refractivity contribution in [3.8, 4) is 0 Å². The maximum absolute atomic E-state index is 13.1. The van der Waals surface area contributed by atoms with Crippen LogP contribution in [-0.4, -0.2) is 11.6 Å². The van der Waals surface area contributed by atoms with E-state index in [2.05, 4.69) is 6.58 Å². The van der Waals surface area contributed by atoms with Crippen LogP contribution in [0.4, 0.5) is 4.39 Å². The molecule has 0 radical (unpaired) electrons. The molecule has 0 aliphatic heterocycles. The number of benzene rings is 1. The monoisotopic (exact) mass is 236 g/mol. The van der Waals surface area contributed by atoms with Crippen molar-refractivity contribution >= 4 is 11.5 Å². The maximum Gasteiger partial charge on any atom is 0.338 e. The van der Waals surface area contributed by atoms with Gasteiger partial charge in [-0.1, -0.05) is 12.6 Å². The number of rotatable bonds is 2. The van der Waals surface area contributed by atoms with Gasteiger partial charge in [0.2, 0.25) is 0 Å². The molecule has 0 saturated carbocycles. The van der Waals surface area contributed by atoms with E-state index in [1.54, 1.807) is 33.8 Å². The summed E-state index contributed by atoms with van der Waals surface area (Å²) in [5, 5.41) is 0. The number of esters is 1. The van der Waals surface area contributed by atoms with Crippen molar-refractivity contribution in [3.05, 3.63) is 41.7 Å². The Morgan fingerprint density at radius 3 is 2.41 bits per heavy atom. The van der Waals surface area contributed by atoms with Crippen molar-refractivity contribution in [1.82, 2.24) is 0 Å². The molecule has 2 nitrogen and oxygen atoms in total. The fraction of sp³-hybridized carbons (Fsp3) is 0.357. The molecule has 0 aliphatic rings. The largest absolute Gasteiger partial charge is 0.456 e. The van der Waals surface area contributed by atoms with Crippen LogP contribution in [-0.2, 0) is 9.53 Å². The first-order valence-electron chi connectivity index (χ1n) is 5.39. The van der Waals surface area contributed by atoms with E-state index in [1.807, 2.05) is 0 Å². The molecule has 0 bridgehead atoms. The molecule has 92 valence electrons. The standard InChI is InChI=1S/C14H17FO2/c1-9-8-11(6-7-12(9)15)10(2)13(16)17-14(3,4)5/h6-8H,2H2,1,3-5H3. The van der Waals surface area contributed by atoms with Gasteiger partial charge in [-0.05, 0) is 51.0 Å². The van der Waals surface area contributed by atoms with E-state index in [9.17, 15) is 9.18 Å². The lowest BCUT2D eigenvalue weighted by Crippen LogP contribution is -2.24. The molecule has 0 atom stereocenters. The number of carbonyl (C=O) groups is 1. The molecule has 0 aliphatic carbocycles. The molecule has 0 unspecified atom stereocenters. The van der Waals surface area contributed by atoms with Crippen molar-refractivity contribution in [3.63, 3.8) is 0 Å². The van der Waals surface area contributed by atoms with E-state index in [0.717, 1.165) is 0 Å². The SMILES string of the molecule is C=C(C(=O)OC(C)(C)C)c1ccc(F)c(C)c1. The predicted octanol–water partition coefficient (Wildman–Crippen LogP) is 3.49. The van der Waals surface area contributed by atoms with Gasteiger partial charge in [0.15, 0.2) is 0 Å². The van der Waals surface area contributed by atoms with Crippen LogP contribution in [0.5, 0.6) is 0 Å². The Balaban J connectivity index is 2.90. The molecule has 3 heteroatoms. The Kier molecular flexibility index (Phi) is 3.71. The highest BCUT2D eigenvalue weighted by Crippen LogP contribution is 2.20. The molecule has 0 spiro atoms. The molecule has 1 rings (SSSR count). The predicted molar refractivity (Wildman–Crippen MR) is 66.0 cm³/mol. The molecule has 0 heterocycles. The van der Waals surface area contributed by atoms with Crippen LogP contribution in [0, 0.1) is 12.7 Å². The van der Waals surface area contributed by atoms with E-state index in [4.69, 9.17) is 4.74 Å². The summed E-state index contributed by atoms with van der Waals surface area (Å²) in [6, 6.07) is 4.43. The second kappa shape index (κ2) is 4.70. The van der Waals surface area contributed by atoms with Gasteiger partial charge in [-0.3, -0.25) is 0 Å². The third kappa shape index (κ3) is 3.70. The lowest BCUT2D eigenvalue weighted by Gasteiger charge is -2.20. The average molecular weight is 236 g/mol. The molecule has 0 fully saturated rings. The summed E-state index contributed by atoms with van der Waals surface area (Å²) in [7, 11) is 0. The normalized spacial score (nSPS) is 11.1. The molecule has 0 aromatic heterocycles. The third-order valence-electron chi connectivity index (χ3n) is 2.15. The van der Waals surface area contributed by atoms with Crippen molar-refractivity contribution in [2.75, 3.05) is 0 Å². The molecule has 0 N–H and O–H groups in total. The number of halogens is 1. The van der Waals surface area contributed by atoms with Gasteiger partial charge in [-0.15, -0.1) is 0 Å². The van der Waals surface area contributed by atoms with Gasteiger partial charge in [0.1, 0.15) is 11.4 Å². The summed E-state index contributed by atoms with van der Waals surface area (Å²) in [6.45, 7) is 10.7. The smallest absolute Gasteiger partial charge is 0.338 e. The summed E-state index contributed by atoms with van der Waals surface area (Å²) < 4.78 is 18.3. The Labute approximate surface area is 101 Å². The third-order valence-corrected chi connectivity index (χ3v) is 2.15. The number of carbonyl (C=O) groups excluding carboxylic acids is 1. The van der Waals surface area contributed by atoms with Gasteiger partial charge in [0.25, 0.3) is 0 Å². The Bertz CT molecular complexity index is 456. The van der Waals surface area contributed by atoms with Crippen LogP contribution >= 0.6 is 0 Å². The topological polar surface area (TPSA) is 26.3 Å². The first-order valence-corrected chi connectivity index (χ1v) is 5.39. The fourth-order valence-electron chi connectivity index (χ4n) is 1.29. The quantitative estimate of drug-likeness (QED) is 0.580. The van der Waals surface area contributed by atoms with E-state index in [0.29, 0.717) is 11.1 Å². The van der Waals surface area contributed by atoms with Crippen LogP contribution in [0.1, 0.15) is 31.9 Å². The lowest BCUT2D eigenvalue weighted by molar-refractivity contribution is -0.147. The minimum atomic E-state index is -0.560. The minimum Gasteiger partial charge on any atom is -0.456 e. The fourth-order valence-corrected chi connectivity index (χ4v) is 1.29. The summed E-state index contributed by atoms with van der Waals surface area (Å²) in [4.78, 5) is 11.7. The second-order valence-corrected chi connectivity index (χ2v) is 4.94. The van der Waals surface area contributed by atoms with Crippen molar-refractivity contribution < 1.29 is 13.9 Å². The first-order chi connectivity index (χ1) is 7.70.